The molecule has 2 aliphatic rings. The maximum Gasteiger partial charge on any atom is 0.266 e. The lowest BCUT2D eigenvalue weighted by atomic mass is 9.81. The molecule has 0 unspecified atom stereocenters. The smallest absolute Gasteiger partial charge is 0.266 e. The summed E-state index contributed by atoms with van der Waals surface area (Å²) in [7, 11) is 0. The van der Waals surface area contributed by atoms with Gasteiger partial charge in [0.15, 0.2) is 0 Å². The first-order valence-electron chi connectivity index (χ1n) is 19.2. The number of carbonyl (C=O) groups excluding carboxylic acids is 4. The van der Waals surface area contributed by atoms with E-state index in [9.17, 15) is 29.4 Å². The van der Waals surface area contributed by atoms with Gasteiger partial charge in [-0.2, -0.15) is 0 Å². The van der Waals surface area contributed by atoms with Crippen molar-refractivity contribution in [2.45, 2.75) is 13.8 Å². The second-order valence-corrected chi connectivity index (χ2v) is 15.2. The van der Waals surface area contributed by atoms with Crippen LogP contribution in [0.15, 0.2) is 133 Å². The van der Waals surface area contributed by atoms with Crippen molar-refractivity contribution in [3.05, 3.63) is 167 Å². The summed E-state index contributed by atoms with van der Waals surface area (Å²) in [5.74, 6) is -0.614. The SMILES string of the molecule is Cc1ccc(Oc2cc3c4c(ccc5c6c(Oc7ccc(C)cc7)cc7c8c(ccc(c2c45)c86)C(=O)N(c2ccc(O)cc2)C7=O)C(=O)N(c2ccc(O)cc2)C3=O)cc1. The van der Waals surface area contributed by atoms with E-state index in [1.807, 2.05) is 74.5 Å². The molecule has 10 heteroatoms. The van der Waals surface area contributed by atoms with Crippen molar-refractivity contribution >= 4 is 78.1 Å². The van der Waals surface area contributed by atoms with Crippen LogP contribution in [-0.4, -0.2) is 33.8 Å². The quantitative estimate of drug-likeness (QED) is 0.0967. The molecule has 2 N–H and O–H groups in total. The largest absolute Gasteiger partial charge is 0.508 e. The molecule has 0 radical (unpaired) electrons. The summed E-state index contributed by atoms with van der Waals surface area (Å²) in [6, 6.07) is 37.0. The third-order valence-corrected chi connectivity index (χ3v) is 11.5. The third-order valence-electron chi connectivity index (χ3n) is 11.5. The lowest BCUT2D eigenvalue weighted by Gasteiger charge is -2.31. The van der Waals surface area contributed by atoms with E-state index in [0.29, 0.717) is 66.1 Å². The van der Waals surface area contributed by atoms with Crippen LogP contribution in [0.4, 0.5) is 11.4 Å². The van der Waals surface area contributed by atoms with Crippen LogP contribution in [-0.2, 0) is 0 Å². The Kier molecular flexibility index (Phi) is 7.36. The van der Waals surface area contributed by atoms with Gasteiger partial charge in [-0.15, -0.1) is 0 Å². The van der Waals surface area contributed by atoms with Gasteiger partial charge in [-0.05, 0) is 122 Å². The standard InChI is InChI=1S/C50H30N2O8/c1-25-3-15-31(16-4-25)59-39-23-37-41-35(47(55)51(49(37)57)27-7-11-29(53)12-8-27)22-20-34-44-40(60-32-17-5-26(2)6-18-32)24-38-42-36(21-19-33(46(42)44)43(39)45(34)41)48(56)52(50(38)58)28-9-13-30(54)14-10-28/h3-24,53-54H,1-2H3. The zero-order valence-electron chi connectivity index (χ0n) is 31.9. The molecule has 0 aromatic heterocycles. The van der Waals surface area contributed by atoms with E-state index >= 15 is 0 Å². The highest BCUT2D eigenvalue weighted by Crippen LogP contribution is 2.53. The Morgan fingerprint density at radius 1 is 0.383 bits per heavy atom. The number of nitrogens with zero attached hydrogens (tertiary/aromatic N) is 2. The molecule has 0 spiro atoms. The van der Waals surface area contributed by atoms with E-state index < -0.39 is 23.6 Å². The van der Waals surface area contributed by atoms with Crippen LogP contribution in [0.5, 0.6) is 34.5 Å². The average molecular weight is 787 g/mol. The van der Waals surface area contributed by atoms with Gasteiger partial charge in [0.25, 0.3) is 23.6 Å². The fourth-order valence-corrected chi connectivity index (χ4v) is 8.69. The molecule has 0 aliphatic carbocycles. The van der Waals surface area contributed by atoms with Crippen molar-refractivity contribution < 1.29 is 38.9 Å². The molecule has 0 saturated carbocycles. The third kappa shape index (κ3) is 5.00. The molecule has 9 aromatic carbocycles. The molecule has 10 nitrogen and oxygen atoms in total. The summed E-state index contributed by atoms with van der Waals surface area (Å²) in [5, 5.41) is 24.4. The number of aromatic hydroxyl groups is 2. The van der Waals surface area contributed by atoms with Crippen molar-refractivity contribution in [1.29, 1.82) is 0 Å². The maximum atomic E-state index is 14.7. The maximum absolute atomic E-state index is 14.7. The minimum absolute atomic E-state index is 0.0118. The fraction of sp³-hybridized carbons (Fsp3) is 0.0400. The minimum atomic E-state index is -0.576. The predicted molar refractivity (Wildman–Crippen MR) is 229 cm³/mol. The number of rotatable bonds is 6. The highest BCUT2D eigenvalue weighted by Gasteiger charge is 2.40. The normalized spacial score (nSPS) is 13.7. The number of benzene rings is 9. The number of carbonyl (C=O) groups is 4. The number of hydrogen-bond acceptors (Lipinski definition) is 8. The second kappa shape index (κ2) is 12.6. The highest BCUT2D eigenvalue weighted by molar-refractivity contribution is 6.46. The fourth-order valence-electron chi connectivity index (χ4n) is 8.69. The van der Waals surface area contributed by atoms with Gasteiger partial charge in [0.1, 0.15) is 34.5 Å². The van der Waals surface area contributed by atoms with Crippen LogP contribution < -0.4 is 19.3 Å². The number of phenolic OH excluding ortho intramolecular Hbond substituents is 2. The first-order valence-corrected chi connectivity index (χ1v) is 19.2. The van der Waals surface area contributed by atoms with E-state index in [1.54, 1.807) is 24.3 Å². The molecule has 2 heterocycles. The van der Waals surface area contributed by atoms with Crippen molar-refractivity contribution in [3.63, 3.8) is 0 Å². The first kappa shape index (κ1) is 35.0. The minimum Gasteiger partial charge on any atom is -0.508 e. The number of phenols is 2. The molecule has 11 rings (SSSR count). The molecule has 0 saturated heterocycles. The van der Waals surface area contributed by atoms with Crippen molar-refractivity contribution in [2.24, 2.45) is 0 Å². The van der Waals surface area contributed by atoms with E-state index in [2.05, 4.69) is 0 Å². The van der Waals surface area contributed by atoms with Crippen molar-refractivity contribution in [1.82, 2.24) is 0 Å². The summed E-state index contributed by atoms with van der Waals surface area (Å²) in [6.45, 7) is 3.93. The van der Waals surface area contributed by atoms with Crippen LogP contribution in [0, 0.1) is 13.8 Å². The van der Waals surface area contributed by atoms with Crippen LogP contribution in [0.3, 0.4) is 0 Å². The number of ether oxygens (including phenoxy) is 2. The van der Waals surface area contributed by atoms with E-state index in [1.165, 1.54) is 48.5 Å². The second-order valence-electron chi connectivity index (χ2n) is 15.2. The van der Waals surface area contributed by atoms with Gasteiger partial charge in [-0.1, -0.05) is 47.5 Å². The zero-order chi connectivity index (χ0) is 41.1. The van der Waals surface area contributed by atoms with Gasteiger partial charge in [-0.3, -0.25) is 19.2 Å². The summed E-state index contributed by atoms with van der Waals surface area (Å²) in [5.41, 5.74) is 3.64. The first-order chi connectivity index (χ1) is 29.0. The molecule has 0 atom stereocenters. The Bertz CT molecular complexity index is 3130. The molecule has 4 amide bonds. The Labute approximate surface area is 341 Å². The number of amides is 4. The van der Waals surface area contributed by atoms with Crippen LogP contribution in [0.25, 0.3) is 43.1 Å². The van der Waals surface area contributed by atoms with E-state index in [-0.39, 0.29) is 45.1 Å². The number of aryl methyl sites for hydroxylation is 2. The monoisotopic (exact) mass is 786 g/mol. The molecule has 9 aromatic rings. The molecular formula is C50H30N2O8. The van der Waals surface area contributed by atoms with Crippen LogP contribution in [0.2, 0.25) is 0 Å². The lowest BCUT2D eigenvalue weighted by molar-refractivity contribution is 0.0877. The molecule has 60 heavy (non-hydrogen) atoms. The number of hydrogen-bond donors (Lipinski definition) is 2. The molecular weight excluding hydrogens is 757 g/mol. The van der Waals surface area contributed by atoms with Crippen molar-refractivity contribution in [3.8, 4) is 34.5 Å². The van der Waals surface area contributed by atoms with Gasteiger partial charge in [0, 0.05) is 43.4 Å². The Balaban J connectivity index is 1.27. The Morgan fingerprint density at radius 3 is 1.10 bits per heavy atom. The Morgan fingerprint density at radius 2 is 0.733 bits per heavy atom. The summed E-state index contributed by atoms with van der Waals surface area (Å²) < 4.78 is 13.4. The van der Waals surface area contributed by atoms with Gasteiger partial charge in [-0.25, -0.2) is 9.80 Å². The highest BCUT2D eigenvalue weighted by atomic mass is 16.5. The summed E-state index contributed by atoms with van der Waals surface area (Å²) in [4.78, 5) is 60.5. The molecule has 0 bridgehead atoms. The van der Waals surface area contributed by atoms with E-state index in [0.717, 1.165) is 20.9 Å². The number of anilines is 2. The Hall–Kier alpha value is -8.24. The van der Waals surface area contributed by atoms with E-state index in [4.69, 9.17) is 9.47 Å². The number of fused-ring (bicyclic) bond motifs is 2. The van der Waals surface area contributed by atoms with Crippen LogP contribution >= 0.6 is 0 Å². The zero-order valence-corrected chi connectivity index (χ0v) is 31.9. The lowest BCUT2D eigenvalue weighted by Crippen LogP contribution is -2.40. The summed E-state index contributed by atoms with van der Waals surface area (Å²) in [6.07, 6.45) is 0. The van der Waals surface area contributed by atoms with Gasteiger partial charge >= 0.3 is 0 Å². The molecule has 2 aliphatic heterocycles. The number of imide groups is 2. The van der Waals surface area contributed by atoms with Gasteiger partial charge in [0.2, 0.25) is 0 Å². The van der Waals surface area contributed by atoms with Gasteiger partial charge in [0.05, 0.1) is 22.5 Å². The predicted octanol–water partition coefficient (Wildman–Crippen LogP) is 11.0. The average Bonchev–Trinajstić information content (AvgIpc) is 3.25. The molecule has 288 valence electrons. The van der Waals surface area contributed by atoms with Crippen LogP contribution in [0.1, 0.15) is 52.6 Å². The van der Waals surface area contributed by atoms with Crippen molar-refractivity contribution in [2.75, 3.05) is 9.80 Å². The topological polar surface area (TPSA) is 134 Å². The molecule has 0 fully saturated rings. The summed E-state index contributed by atoms with van der Waals surface area (Å²) >= 11 is 0. The van der Waals surface area contributed by atoms with Gasteiger partial charge < -0.3 is 19.7 Å².